The van der Waals surface area contributed by atoms with E-state index in [0.29, 0.717) is 5.41 Å². The standard InChI is InChI=1S/C15H29N/c1-14(2,3)13-5-7-15(8-6-13)9-11-16(4)12-10-15/h13H,5-12H2,1-4H3. The molecule has 2 fully saturated rings. The average molecular weight is 223 g/mol. The minimum atomic E-state index is 0.535. The summed E-state index contributed by atoms with van der Waals surface area (Å²) in [6.07, 6.45) is 8.88. The van der Waals surface area contributed by atoms with Crippen molar-refractivity contribution in [1.82, 2.24) is 4.90 Å². The zero-order valence-electron chi connectivity index (χ0n) is 11.7. The Bertz CT molecular complexity index is 220. The molecule has 0 aromatic heterocycles. The maximum Gasteiger partial charge on any atom is -0.00165 e. The van der Waals surface area contributed by atoms with E-state index in [1.54, 1.807) is 0 Å². The molecule has 1 spiro atoms. The van der Waals surface area contributed by atoms with Gasteiger partial charge in [-0.3, -0.25) is 0 Å². The molecule has 0 N–H and O–H groups in total. The third-order valence-electron chi connectivity index (χ3n) is 5.32. The van der Waals surface area contributed by atoms with Crippen LogP contribution in [0.5, 0.6) is 0 Å². The Morgan fingerprint density at radius 2 is 1.44 bits per heavy atom. The Morgan fingerprint density at radius 1 is 0.938 bits per heavy atom. The van der Waals surface area contributed by atoms with Gasteiger partial charge >= 0.3 is 0 Å². The van der Waals surface area contributed by atoms with Gasteiger partial charge in [-0.2, -0.15) is 0 Å². The lowest BCUT2D eigenvalue weighted by Crippen LogP contribution is -2.41. The molecule has 1 saturated heterocycles. The van der Waals surface area contributed by atoms with Crippen molar-refractivity contribution in [1.29, 1.82) is 0 Å². The van der Waals surface area contributed by atoms with E-state index < -0.39 is 0 Å². The van der Waals surface area contributed by atoms with E-state index in [0.717, 1.165) is 11.3 Å². The van der Waals surface area contributed by atoms with Crippen LogP contribution in [0, 0.1) is 16.7 Å². The highest BCUT2D eigenvalue weighted by Crippen LogP contribution is 2.49. The van der Waals surface area contributed by atoms with Crippen LogP contribution in [0.25, 0.3) is 0 Å². The van der Waals surface area contributed by atoms with Crippen LogP contribution >= 0.6 is 0 Å². The fourth-order valence-corrected chi connectivity index (χ4v) is 3.69. The quantitative estimate of drug-likeness (QED) is 0.601. The lowest BCUT2D eigenvalue weighted by molar-refractivity contribution is 0.0357. The first-order valence-corrected chi connectivity index (χ1v) is 7.10. The summed E-state index contributed by atoms with van der Waals surface area (Å²) in [4.78, 5) is 2.50. The predicted molar refractivity (Wildman–Crippen MR) is 70.6 cm³/mol. The highest BCUT2D eigenvalue weighted by molar-refractivity contribution is 4.91. The summed E-state index contributed by atoms with van der Waals surface area (Å²) in [5, 5.41) is 0. The predicted octanol–water partition coefficient (Wildman–Crippen LogP) is 3.93. The van der Waals surface area contributed by atoms with Gasteiger partial charge in [-0.1, -0.05) is 20.8 Å². The number of likely N-dealkylation sites (tertiary alicyclic amines) is 1. The van der Waals surface area contributed by atoms with Gasteiger partial charge in [0.1, 0.15) is 0 Å². The molecule has 1 aliphatic carbocycles. The largest absolute Gasteiger partial charge is 0.306 e. The maximum atomic E-state index is 2.50. The van der Waals surface area contributed by atoms with Crippen LogP contribution in [0.4, 0.5) is 0 Å². The van der Waals surface area contributed by atoms with Gasteiger partial charge in [-0.15, -0.1) is 0 Å². The second kappa shape index (κ2) is 4.33. The van der Waals surface area contributed by atoms with Crippen LogP contribution in [0.2, 0.25) is 0 Å². The minimum Gasteiger partial charge on any atom is -0.306 e. The molecule has 1 heterocycles. The second-order valence-electron chi connectivity index (χ2n) is 7.44. The summed E-state index contributed by atoms with van der Waals surface area (Å²) in [7, 11) is 2.27. The number of piperidine rings is 1. The maximum absolute atomic E-state index is 2.50. The summed E-state index contributed by atoms with van der Waals surface area (Å²) in [6.45, 7) is 9.93. The van der Waals surface area contributed by atoms with Crippen molar-refractivity contribution in [3.05, 3.63) is 0 Å². The topological polar surface area (TPSA) is 3.24 Å². The van der Waals surface area contributed by atoms with Crippen LogP contribution in [0.3, 0.4) is 0 Å². The van der Waals surface area contributed by atoms with Gasteiger partial charge in [0.25, 0.3) is 0 Å². The molecule has 1 nitrogen and oxygen atoms in total. The van der Waals surface area contributed by atoms with Crippen molar-refractivity contribution in [2.45, 2.75) is 59.3 Å². The lowest BCUT2D eigenvalue weighted by Gasteiger charge is -2.47. The Hall–Kier alpha value is -0.0400. The van der Waals surface area contributed by atoms with E-state index in [2.05, 4.69) is 32.7 Å². The molecular formula is C15H29N. The number of nitrogens with zero attached hydrogens (tertiary/aromatic N) is 1. The fraction of sp³-hybridized carbons (Fsp3) is 1.00. The Morgan fingerprint density at radius 3 is 1.88 bits per heavy atom. The zero-order chi connectivity index (χ0) is 11.8. The van der Waals surface area contributed by atoms with Crippen molar-refractivity contribution in [2.75, 3.05) is 20.1 Å². The van der Waals surface area contributed by atoms with Crippen LogP contribution in [0.15, 0.2) is 0 Å². The van der Waals surface area contributed by atoms with E-state index in [1.807, 2.05) is 0 Å². The van der Waals surface area contributed by atoms with E-state index >= 15 is 0 Å². The monoisotopic (exact) mass is 223 g/mol. The SMILES string of the molecule is CN1CCC2(CCC(C(C)(C)C)CC2)CC1. The first-order chi connectivity index (χ1) is 7.41. The molecule has 2 rings (SSSR count). The van der Waals surface area contributed by atoms with Crippen molar-refractivity contribution < 1.29 is 0 Å². The Kier molecular flexibility index (Phi) is 3.36. The fourth-order valence-electron chi connectivity index (χ4n) is 3.69. The van der Waals surface area contributed by atoms with Gasteiger partial charge in [-0.25, -0.2) is 0 Å². The van der Waals surface area contributed by atoms with Gasteiger partial charge in [0.15, 0.2) is 0 Å². The summed E-state index contributed by atoms with van der Waals surface area (Å²) >= 11 is 0. The number of hydrogen-bond acceptors (Lipinski definition) is 1. The molecule has 1 saturated carbocycles. The van der Waals surface area contributed by atoms with E-state index in [-0.39, 0.29) is 0 Å². The third-order valence-corrected chi connectivity index (χ3v) is 5.32. The van der Waals surface area contributed by atoms with Crippen molar-refractivity contribution in [3.8, 4) is 0 Å². The molecule has 0 atom stereocenters. The van der Waals surface area contributed by atoms with Crippen LogP contribution in [-0.4, -0.2) is 25.0 Å². The first-order valence-electron chi connectivity index (χ1n) is 7.10. The average Bonchev–Trinajstić information content (AvgIpc) is 2.22. The molecule has 1 aliphatic heterocycles. The number of rotatable bonds is 0. The molecule has 0 radical (unpaired) electrons. The Balaban J connectivity index is 1.89. The summed E-state index contributed by atoms with van der Waals surface area (Å²) in [6, 6.07) is 0. The van der Waals surface area contributed by atoms with Gasteiger partial charge in [0.2, 0.25) is 0 Å². The van der Waals surface area contributed by atoms with E-state index in [9.17, 15) is 0 Å². The third kappa shape index (κ3) is 2.61. The molecular weight excluding hydrogens is 194 g/mol. The van der Waals surface area contributed by atoms with Crippen molar-refractivity contribution in [3.63, 3.8) is 0 Å². The van der Waals surface area contributed by atoms with Crippen LogP contribution < -0.4 is 0 Å². The lowest BCUT2D eigenvalue weighted by atomic mass is 9.61. The van der Waals surface area contributed by atoms with Crippen LogP contribution in [-0.2, 0) is 0 Å². The van der Waals surface area contributed by atoms with Crippen LogP contribution in [0.1, 0.15) is 59.3 Å². The van der Waals surface area contributed by atoms with Crippen molar-refractivity contribution in [2.24, 2.45) is 16.7 Å². The normalized spacial score (nSPS) is 28.5. The van der Waals surface area contributed by atoms with Crippen molar-refractivity contribution >= 4 is 0 Å². The molecule has 16 heavy (non-hydrogen) atoms. The molecule has 94 valence electrons. The smallest absolute Gasteiger partial charge is 0.00165 e. The molecule has 0 amide bonds. The minimum absolute atomic E-state index is 0.535. The van der Waals surface area contributed by atoms with Gasteiger partial charge in [-0.05, 0) is 75.4 Å². The van der Waals surface area contributed by atoms with Gasteiger partial charge < -0.3 is 4.90 Å². The molecule has 1 heteroatoms. The van der Waals surface area contributed by atoms with E-state index in [4.69, 9.17) is 0 Å². The molecule has 0 aromatic rings. The Labute approximate surface area is 102 Å². The molecule has 0 bridgehead atoms. The summed E-state index contributed by atoms with van der Waals surface area (Å²) in [5.74, 6) is 0.970. The van der Waals surface area contributed by atoms with Gasteiger partial charge in [0.05, 0.1) is 0 Å². The number of hydrogen-bond donors (Lipinski definition) is 0. The summed E-state index contributed by atoms with van der Waals surface area (Å²) in [5.41, 5.74) is 1.28. The van der Waals surface area contributed by atoms with Gasteiger partial charge in [0, 0.05) is 0 Å². The summed E-state index contributed by atoms with van der Waals surface area (Å²) < 4.78 is 0. The molecule has 0 aromatic carbocycles. The zero-order valence-corrected chi connectivity index (χ0v) is 11.7. The second-order valence-corrected chi connectivity index (χ2v) is 7.44. The molecule has 2 aliphatic rings. The highest BCUT2D eigenvalue weighted by atomic mass is 15.1. The molecule has 0 unspecified atom stereocenters. The highest BCUT2D eigenvalue weighted by Gasteiger charge is 2.39. The first kappa shape index (κ1) is 12.4. The van der Waals surface area contributed by atoms with E-state index in [1.165, 1.54) is 51.6 Å².